The minimum atomic E-state index is -0.547. The minimum absolute atomic E-state index is 0.0898. The van der Waals surface area contributed by atoms with Crippen LogP contribution in [0.25, 0.3) is 0 Å². The highest BCUT2D eigenvalue weighted by Crippen LogP contribution is 2.28. The molecule has 31 heavy (non-hydrogen) atoms. The monoisotopic (exact) mass is 428 g/mol. The molecule has 1 atom stereocenters. The van der Waals surface area contributed by atoms with Gasteiger partial charge in [-0.25, -0.2) is 0 Å². The zero-order chi connectivity index (χ0) is 22.8. The van der Waals surface area contributed by atoms with Gasteiger partial charge in [0.2, 0.25) is 11.8 Å². The molecular weight excluding hydrogens is 396 g/mol. The van der Waals surface area contributed by atoms with Crippen molar-refractivity contribution in [3.05, 3.63) is 53.6 Å². The zero-order valence-electron chi connectivity index (χ0n) is 18.9. The van der Waals surface area contributed by atoms with Crippen LogP contribution in [0.1, 0.15) is 30.9 Å². The van der Waals surface area contributed by atoms with Gasteiger partial charge in [-0.2, -0.15) is 0 Å². The molecule has 0 bridgehead atoms. The highest BCUT2D eigenvalue weighted by atomic mass is 16.5. The van der Waals surface area contributed by atoms with Crippen LogP contribution in [0.3, 0.4) is 0 Å². The molecule has 0 radical (unpaired) electrons. The fraction of sp³-hybridized carbons (Fsp3) is 0.417. The summed E-state index contributed by atoms with van der Waals surface area (Å²) in [6.45, 7) is 2.23. The molecule has 0 spiro atoms. The van der Waals surface area contributed by atoms with E-state index in [2.05, 4.69) is 5.32 Å². The highest BCUT2D eigenvalue weighted by Gasteiger charge is 2.27. The molecule has 2 aromatic rings. The quantitative estimate of drug-likeness (QED) is 0.595. The van der Waals surface area contributed by atoms with Gasteiger partial charge < -0.3 is 24.4 Å². The lowest BCUT2D eigenvalue weighted by molar-refractivity contribution is -0.141. The van der Waals surface area contributed by atoms with Crippen molar-refractivity contribution in [2.45, 2.75) is 38.8 Å². The Kier molecular flexibility index (Phi) is 9.18. The standard InChI is InChI=1S/C24H32N2O5/c1-6-20(24(28)25-2)26(16-18-8-7-9-19(14-18)29-3)23(27)13-11-17-10-12-21(30-4)22(15-17)31-5/h7-10,12,14-15,20H,6,11,13,16H2,1-5H3,(H,25,28)/t20-/m1/s1. The summed E-state index contributed by atoms with van der Waals surface area (Å²) in [4.78, 5) is 27.4. The van der Waals surface area contributed by atoms with E-state index >= 15 is 0 Å². The van der Waals surface area contributed by atoms with Crippen LogP contribution in [0.2, 0.25) is 0 Å². The van der Waals surface area contributed by atoms with E-state index in [1.165, 1.54) is 0 Å². The molecule has 2 aromatic carbocycles. The van der Waals surface area contributed by atoms with Gasteiger partial charge in [0.1, 0.15) is 11.8 Å². The molecule has 0 heterocycles. The molecule has 2 rings (SSSR count). The largest absolute Gasteiger partial charge is 0.497 e. The molecule has 0 aliphatic heterocycles. The van der Waals surface area contributed by atoms with E-state index < -0.39 is 6.04 Å². The third-order valence-corrected chi connectivity index (χ3v) is 5.19. The summed E-state index contributed by atoms with van der Waals surface area (Å²) in [6.07, 6.45) is 1.32. The van der Waals surface area contributed by atoms with Gasteiger partial charge in [-0.05, 0) is 48.2 Å². The first-order chi connectivity index (χ1) is 15.0. The van der Waals surface area contributed by atoms with E-state index in [4.69, 9.17) is 14.2 Å². The molecule has 2 amide bonds. The van der Waals surface area contributed by atoms with Gasteiger partial charge in [0.05, 0.1) is 21.3 Å². The van der Waals surface area contributed by atoms with E-state index in [0.29, 0.717) is 36.6 Å². The fourth-order valence-corrected chi connectivity index (χ4v) is 3.48. The Labute approximate surface area is 184 Å². The van der Waals surface area contributed by atoms with E-state index in [9.17, 15) is 9.59 Å². The van der Waals surface area contributed by atoms with E-state index in [1.54, 1.807) is 33.3 Å². The summed E-state index contributed by atoms with van der Waals surface area (Å²) >= 11 is 0. The van der Waals surface area contributed by atoms with Gasteiger partial charge in [0.15, 0.2) is 11.5 Å². The van der Waals surface area contributed by atoms with Crippen LogP contribution in [0.15, 0.2) is 42.5 Å². The number of carbonyl (C=O) groups is 2. The SMILES string of the molecule is CC[C@H](C(=O)NC)N(Cc1cccc(OC)c1)C(=O)CCc1ccc(OC)c(OC)c1. The van der Waals surface area contributed by atoms with Crippen LogP contribution in [0.4, 0.5) is 0 Å². The third kappa shape index (κ3) is 6.38. The summed E-state index contributed by atoms with van der Waals surface area (Å²) in [5.74, 6) is 1.71. The van der Waals surface area contributed by atoms with Crippen molar-refractivity contribution in [2.75, 3.05) is 28.4 Å². The molecular formula is C24H32N2O5. The maximum Gasteiger partial charge on any atom is 0.242 e. The molecule has 0 fully saturated rings. The predicted molar refractivity (Wildman–Crippen MR) is 120 cm³/mol. The number of hydrogen-bond donors (Lipinski definition) is 1. The Bertz CT molecular complexity index is 884. The number of benzene rings is 2. The van der Waals surface area contributed by atoms with Crippen molar-refractivity contribution in [3.63, 3.8) is 0 Å². The number of nitrogens with zero attached hydrogens (tertiary/aromatic N) is 1. The summed E-state index contributed by atoms with van der Waals surface area (Å²) < 4.78 is 15.9. The number of amides is 2. The number of aryl methyl sites for hydroxylation is 1. The van der Waals surface area contributed by atoms with Crippen molar-refractivity contribution in [1.82, 2.24) is 10.2 Å². The normalized spacial score (nSPS) is 11.4. The molecule has 0 unspecified atom stereocenters. The van der Waals surface area contributed by atoms with Gasteiger partial charge in [-0.15, -0.1) is 0 Å². The van der Waals surface area contributed by atoms with E-state index in [-0.39, 0.29) is 18.2 Å². The molecule has 7 nitrogen and oxygen atoms in total. The van der Waals surface area contributed by atoms with Crippen LogP contribution in [0.5, 0.6) is 17.2 Å². The third-order valence-electron chi connectivity index (χ3n) is 5.19. The second kappa shape index (κ2) is 11.8. The summed E-state index contributed by atoms with van der Waals surface area (Å²) in [5, 5.41) is 2.67. The second-order valence-electron chi connectivity index (χ2n) is 7.10. The maximum atomic E-state index is 13.2. The average Bonchev–Trinajstić information content (AvgIpc) is 2.81. The first-order valence-electron chi connectivity index (χ1n) is 10.3. The summed E-state index contributed by atoms with van der Waals surface area (Å²) in [6, 6.07) is 12.6. The lowest BCUT2D eigenvalue weighted by Crippen LogP contribution is -2.48. The minimum Gasteiger partial charge on any atom is -0.497 e. The summed E-state index contributed by atoms with van der Waals surface area (Å²) in [5.41, 5.74) is 1.86. The van der Waals surface area contributed by atoms with Crippen LogP contribution in [0, 0.1) is 0 Å². The molecule has 0 saturated heterocycles. The Hall–Kier alpha value is -3.22. The van der Waals surface area contributed by atoms with Gasteiger partial charge in [0, 0.05) is 20.0 Å². The second-order valence-corrected chi connectivity index (χ2v) is 7.10. The predicted octanol–water partition coefficient (Wildman–Crippen LogP) is 3.20. The van der Waals surface area contributed by atoms with Gasteiger partial charge in [-0.1, -0.05) is 25.1 Å². The van der Waals surface area contributed by atoms with Crippen LogP contribution < -0.4 is 19.5 Å². The number of rotatable bonds is 11. The Morgan fingerprint density at radius 1 is 0.968 bits per heavy atom. The summed E-state index contributed by atoms with van der Waals surface area (Å²) in [7, 11) is 6.35. The topological polar surface area (TPSA) is 77.1 Å². The van der Waals surface area contributed by atoms with Gasteiger partial charge in [0.25, 0.3) is 0 Å². The Morgan fingerprint density at radius 2 is 1.71 bits per heavy atom. The highest BCUT2D eigenvalue weighted by molar-refractivity contribution is 5.87. The lowest BCUT2D eigenvalue weighted by Gasteiger charge is -2.30. The molecule has 0 aromatic heterocycles. The number of carbonyl (C=O) groups excluding carboxylic acids is 2. The smallest absolute Gasteiger partial charge is 0.242 e. The van der Waals surface area contributed by atoms with Crippen molar-refractivity contribution < 1.29 is 23.8 Å². The number of nitrogens with one attached hydrogen (secondary N) is 1. The molecule has 0 aliphatic rings. The van der Waals surface area contributed by atoms with E-state index in [1.807, 2.05) is 49.4 Å². The van der Waals surface area contributed by atoms with Crippen LogP contribution >= 0.6 is 0 Å². The fourth-order valence-electron chi connectivity index (χ4n) is 3.48. The van der Waals surface area contributed by atoms with Crippen molar-refractivity contribution in [3.8, 4) is 17.2 Å². The van der Waals surface area contributed by atoms with Crippen molar-refractivity contribution in [1.29, 1.82) is 0 Å². The number of likely N-dealkylation sites (N-methyl/N-ethyl adjacent to an activating group) is 1. The first kappa shape index (κ1) is 24.1. The molecule has 168 valence electrons. The molecule has 1 N–H and O–H groups in total. The van der Waals surface area contributed by atoms with Gasteiger partial charge in [-0.3, -0.25) is 9.59 Å². The van der Waals surface area contributed by atoms with Crippen molar-refractivity contribution >= 4 is 11.8 Å². The number of hydrogen-bond acceptors (Lipinski definition) is 5. The average molecular weight is 429 g/mol. The van der Waals surface area contributed by atoms with Gasteiger partial charge >= 0.3 is 0 Å². The zero-order valence-corrected chi connectivity index (χ0v) is 18.9. The molecule has 0 saturated carbocycles. The molecule has 7 heteroatoms. The Morgan fingerprint density at radius 3 is 2.32 bits per heavy atom. The lowest BCUT2D eigenvalue weighted by atomic mass is 10.1. The Balaban J connectivity index is 2.21. The number of ether oxygens (including phenoxy) is 3. The van der Waals surface area contributed by atoms with E-state index in [0.717, 1.165) is 11.1 Å². The van der Waals surface area contributed by atoms with Crippen LogP contribution in [-0.2, 0) is 22.6 Å². The van der Waals surface area contributed by atoms with Crippen LogP contribution in [-0.4, -0.2) is 51.1 Å². The maximum absolute atomic E-state index is 13.2. The number of methoxy groups -OCH3 is 3. The van der Waals surface area contributed by atoms with Crippen molar-refractivity contribution in [2.24, 2.45) is 0 Å². The molecule has 0 aliphatic carbocycles. The first-order valence-corrected chi connectivity index (χ1v) is 10.3.